The molecule has 31 heavy (non-hydrogen) atoms. The Hall–Kier alpha value is -4.21. The Bertz CT molecular complexity index is 1130. The zero-order chi connectivity index (χ0) is 22.9. The van der Waals surface area contributed by atoms with Crippen LogP contribution < -0.4 is 10.6 Å². The molecule has 2 N–H and O–H groups in total. The quantitative estimate of drug-likeness (QED) is 0.534. The van der Waals surface area contributed by atoms with Crippen molar-refractivity contribution in [3.63, 3.8) is 0 Å². The van der Waals surface area contributed by atoms with Crippen molar-refractivity contribution in [2.75, 3.05) is 12.4 Å². The van der Waals surface area contributed by atoms with Gasteiger partial charge in [-0.15, -0.1) is 0 Å². The van der Waals surface area contributed by atoms with Gasteiger partial charge in [-0.25, -0.2) is 4.79 Å². The Kier molecular flexibility index (Phi) is 5.73. The number of carbonyl (C=O) groups is 4. The monoisotopic (exact) mass is 423 g/mol. The molecule has 0 fully saturated rings. The van der Waals surface area contributed by atoms with Gasteiger partial charge in [-0.3, -0.25) is 24.0 Å². The van der Waals surface area contributed by atoms with Crippen molar-refractivity contribution >= 4 is 29.4 Å². The largest absolute Gasteiger partial charge is 0.464 e. The van der Waals surface area contributed by atoms with E-state index in [2.05, 4.69) is 33.6 Å². The number of nitrogens with zero attached hydrogens (tertiary/aromatic N) is 3. The van der Waals surface area contributed by atoms with Crippen molar-refractivity contribution in [1.82, 2.24) is 20.0 Å². The van der Waals surface area contributed by atoms with E-state index >= 15 is 0 Å². The number of aryl methyl sites for hydroxylation is 1. The lowest BCUT2D eigenvalue weighted by atomic mass is 10.1. The normalized spacial score (nSPS) is 12.2. The molecule has 3 amide bonds. The van der Waals surface area contributed by atoms with Gasteiger partial charge < -0.3 is 15.4 Å². The lowest BCUT2D eigenvalue weighted by Gasteiger charge is -2.19. The van der Waals surface area contributed by atoms with E-state index in [1.807, 2.05) is 0 Å². The van der Waals surface area contributed by atoms with Crippen LogP contribution in [0.1, 0.15) is 23.0 Å². The summed E-state index contributed by atoms with van der Waals surface area (Å²) < 4.78 is 6.08. The lowest BCUT2D eigenvalue weighted by molar-refractivity contribution is -0.137. The molecule has 2 aromatic rings. The van der Waals surface area contributed by atoms with Crippen LogP contribution in [0.5, 0.6) is 0 Å². The maximum Gasteiger partial charge on any atom is 0.353 e. The van der Waals surface area contributed by atoms with Crippen LogP contribution in [-0.4, -0.2) is 45.5 Å². The van der Waals surface area contributed by atoms with E-state index in [1.165, 1.54) is 11.8 Å². The summed E-state index contributed by atoms with van der Waals surface area (Å²) in [5.74, 6) is -2.21. The van der Waals surface area contributed by atoms with E-state index < -0.39 is 17.8 Å². The molecule has 1 aromatic carbocycles. The molecular weight excluding hydrogens is 402 g/mol. The van der Waals surface area contributed by atoms with Gasteiger partial charge in [-0.1, -0.05) is 25.3 Å². The number of carbonyl (C=O) groups excluding carboxylic acids is 4. The molecule has 1 aliphatic heterocycles. The fraction of sp³-hybridized carbons (Fsp3) is 0.190. The van der Waals surface area contributed by atoms with E-state index in [-0.39, 0.29) is 29.5 Å². The Labute approximate surface area is 178 Å². The molecule has 0 unspecified atom stereocenters. The zero-order valence-corrected chi connectivity index (χ0v) is 17.3. The van der Waals surface area contributed by atoms with Crippen molar-refractivity contribution in [1.29, 1.82) is 0 Å². The molecule has 0 saturated carbocycles. The summed E-state index contributed by atoms with van der Waals surface area (Å²) in [4.78, 5) is 49.1. The maximum atomic E-state index is 12.8. The number of anilines is 1. The summed E-state index contributed by atoms with van der Waals surface area (Å²) in [7, 11) is 2.87. The summed E-state index contributed by atoms with van der Waals surface area (Å²) in [6, 6.07) is 7.10. The van der Waals surface area contributed by atoms with Crippen molar-refractivity contribution in [2.45, 2.75) is 13.5 Å². The molecule has 1 aliphatic rings. The second-order valence-electron chi connectivity index (χ2n) is 6.82. The Morgan fingerprint density at radius 2 is 1.81 bits per heavy atom. The van der Waals surface area contributed by atoms with E-state index in [4.69, 9.17) is 0 Å². The third-order valence-corrected chi connectivity index (χ3v) is 4.67. The summed E-state index contributed by atoms with van der Waals surface area (Å²) >= 11 is 0. The summed E-state index contributed by atoms with van der Waals surface area (Å²) in [5.41, 5.74) is 2.56. The molecule has 0 atom stereocenters. The van der Waals surface area contributed by atoms with Gasteiger partial charge >= 0.3 is 5.97 Å². The number of rotatable bonds is 6. The molecule has 10 heteroatoms. The van der Waals surface area contributed by atoms with Gasteiger partial charge in [0.1, 0.15) is 11.4 Å². The highest BCUT2D eigenvalue weighted by molar-refractivity contribution is 6.07. The summed E-state index contributed by atoms with van der Waals surface area (Å²) in [5, 5.41) is 9.26. The van der Waals surface area contributed by atoms with E-state index in [0.717, 1.165) is 12.7 Å². The van der Waals surface area contributed by atoms with Crippen LogP contribution in [0, 0.1) is 0 Å². The molecule has 10 nitrogen and oxygen atoms in total. The molecule has 0 saturated heterocycles. The first-order valence-electron chi connectivity index (χ1n) is 9.17. The van der Waals surface area contributed by atoms with Crippen LogP contribution in [0.4, 0.5) is 5.69 Å². The maximum absolute atomic E-state index is 12.8. The Balaban J connectivity index is 1.83. The molecule has 1 aromatic heterocycles. The molecule has 0 aliphatic carbocycles. The first-order chi connectivity index (χ1) is 14.6. The van der Waals surface area contributed by atoms with E-state index in [9.17, 15) is 19.2 Å². The smallest absolute Gasteiger partial charge is 0.353 e. The molecule has 0 spiro atoms. The highest BCUT2D eigenvalue weighted by Crippen LogP contribution is 2.34. The molecule has 0 radical (unpaired) electrons. The average Bonchev–Trinajstić information content (AvgIpc) is 3.21. The highest BCUT2D eigenvalue weighted by Gasteiger charge is 2.37. The van der Waals surface area contributed by atoms with Crippen LogP contribution in [0.15, 0.2) is 48.8 Å². The number of nitrogens with one attached hydrogen (secondary N) is 2. The number of aromatic nitrogens is 2. The standard InChI is InChI=1S/C21H21N5O5/c1-11(21(30)31-5)22-19(28)12(2)26-10-16-17(20(26)29)24-25(4)18(16)14-6-8-15(9-7-14)23-13(3)27/h6-9H,1-2,10H2,3-5H3,(H,22,28)(H,23,27). The minimum atomic E-state index is -0.801. The highest BCUT2D eigenvalue weighted by atomic mass is 16.5. The SMILES string of the molecule is C=C(NC(=O)C(=C)N1Cc2c(nn(C)c2-c2ccc(NC(C)=O)cc2)C1=O)C(=O)OC. The third kappa shape index (κ3) is 4.08. The van der Waals surface area contributed by atoms with Crippen LogP contribution in [0.3, 0.4) is 0 Å². The molecule has 0 bridgehead atoms. The van der Waals surface area contributed by atoms with Crippen LogP contribution in [-0.2, 0) is 32.7 Å². The van der Waals surface area contributed by atoms with Crippen molar-refractivity contribution < 1.29 is 23.9 Å². The fourth-order valence-electron chi connectivity index (χ4n) is 3.25. The number of methoxy groups -OCH3 is 1. The van der Waals surface area contributed by atoms with Gasteiger partial charge in [0.15, 0.2) is 5.69 Å². The van der Waals surface area contributed by atoms with E-state index in [1.54, 1.807) is 36.0 Å². The summed E-state index contributed by atoms with van der Waals surface area (Å²) in [6.45, 7) is 8.60. The van der Waals surface area contributed by atoms with Gasteiger partial charge in [-0.05, 0) is 12.1 Å². The van der Waals surface area contributed by atoms with Crippen molar-refractivity contribution in [3.8, 4) is 11.3 Å². The number of ether oxygens (including phenoxy) is 1. The van der Waals surface area contributed by atoms with Gasteiger partial charge in [0.05, 0.1) is 19.3 Å². The average molecular weight is 423 g/mol. The number of hydrogen-bond acceptors (Lipinski definition) is 6. The lowest BCUT2D eigenvalue weighted by Crippen LogP contribution is -2.36. The van der Waals surface area contributed by atoms with Gasteiger partial charge in [0.25, 0.3) is 11.8 Å². The fourth-order valence-corrected chi connectivity index (χ4v) is 3.25. The predicted molar refractivity (Wildman–Crippen MR) is 111 cm³/mol. The van der Waals surface area contributed by atoms with Crippen molar-refractivity contribution in [3.05, 3.63) is 60.1 Å². The molecule has 160 valence electrons. The Morgan fingerprint density at radius 1 is 1.16 bits per heavy atom. The topological polar surface area (TPSA) is 123 Å². The second-order valence-corrected chi connectivity index (χ2v) is 6.82. The first kappa shape index (κ1) is 21.5. The number of fused-ring (bicyclic) bond motifs is 1. The number of hydrogen-bond donors (Lipinski definition) is 2. The number of esters is 1. The van der Waals surface area contributed by atoms with Crippen LogP contribution >= 0.6 is 0 Å². The van der Waals surface area contributed by atoms with Gasteiger partial charge in [0, 0.05) is 30.8 Å². The van der Waals surface area contributed by atoms with Gasteiger partial charge in [0.2, 0.25) is 5.91 Å². The molecular formula is C21H21N5O5. The van der Waals surface area contributed by atoms with Gasteiger partial charge in [-0.2, -0.15) is 5.10 Å². The Morgan fingerprint density at radius 3 is 2.39 bits per heavy atom. The molecule has 3 rings (SSSR count). The van der Waals surface area contributed by atoms with Crippen LogP contribution in [0.25, 0.3) is 11.3 Å². The number of benzene rings is 1. The third-order valence-electron chi connectivity index (χ3n) is 4.67. The summed E-state index contributed by atoms with van der Waals surface area (Å²) in [6.07, 6.45) is 0. The van der Waals surface area contributed by atoms with Crippen LogP contribution in [0.2, 0.25) is 0 Å². The minimum Gasteiger partial charge on any atom is -0.464 e. The molecule has 2 heterocycles. The number of amides is 3. The second kappa shape index (κ2) is 8.27. The minimum absolute atomic E-state index is 0.0851. The van der Waals surface area contributed by atoms with Crippen molar-refractivity contribution in [2.24, 2.45) is 7.05 Å². The van der Waals surface area contributed by atoms with E-state index in [0.29, 0.717) is 16.9 Å². The predicted octanol–water partition coefficient (Wildman–Crippen LogP) is 1.32. The first-order valence-corrected chi connectivity index (χ1v) is 9.17. The zero-order valence-electron chi connectivity index (χ0n) is 17.3.